The first-order chi connectivity index (χ1) is 15.8. The molecule has 4 aliphatic carbocycles. The van der Waals surface area contributed by atoms with Crippen molar-refractivity contribution >= 4 is 5.82 Å². The number of pyridine rings is 1. The molecule has 178 valence electrons. The molecule has 0 atom stereocenters. The fourth-order valence-corrected chi connectivity index (χ4v) is 6.50. The number of aromatic nitrogens is 3. The van der Waals surface area contributed by atoms with E-state index in [0.717, 1.165) is 64.2 Å². The lowest BCUT2D eigenvalue weighted by Gasteiger charge is -2.74. The summed E-state index contributed by atoms with van der Waals surface area (Å²) in [5, 5.41) is 0. The second kappa shape index (κ2) is 7.33. The molecule has 7 rings (SSSR count). The van der Waals surface area contributed by atoms with Gasteiger partial charge >= 0.3 is 6.36 Å². The van der Waals surface area contributed by atoms with E-state index in [0.29, 0.717) is 17.2 Å². The van der Waals surface area contributed by atoms with Gasteiger partial charge in [0.15, 0.2) is 11.6 Å². The number of hydrogen-bond donors (Lipinski definition) is 1. The highest BCUT2D eigenvalue weighted by atomic mass is 19.4. The van der Waals surface area contributed by atoms with E-state index in [1.807, 2.05) is 6.20 Å². The summed E-state index contributed by atoms with van der Waals surface area (Å²) in [6, 6.07) is 1.29. The van der Waals surface area contributed by atoms with Crippen LogP contribution in [0.4, 0.5) is 19.0 Å². The number of nitrogen functional groups attached to an aromatic ring is 1. The predicted molar refractivity (Wildman–Crippen MR) is 115 cm³/mol. The van der Waals surface area contributed by atoms with Crippen LogP contribution in [0.3, 0.4) is 0 Å². The maximum atomic E-state index is 12.8. The molecular formula is C23H28F3N5O2. The van der Waals surface area contributed by atoms with Crippen molar-refractivity contribution in [3.8, 4) is 17.0 Å². The Balaban J connectivity index is 1.31. The first kappa shape index (κ1) is 21.2. The zero-order valence-electron chi connectivity index (χ0n) is 18.4. The van der Waals surface area contributed by atoms with E-state index < -0.39 is 12.1 Å². The number of rotatable bonds is 5. The average Bonchev–Trinajstić information content (AvgIpc) is 3.38. The van der Waals surface area contributed by atoms with Crippen LogP contribution in [0.2, 0.25) is 0 Å². The van der Waals surface area contributed by atoms with Crippen LogP contribution in [-0.4, -0.2) is 57.6 Å². The highest BCUT2D eigenvalue weighted by molar-refractivity contribution is 5.64. The minimum atomic E-state index is -4.83. The van der Waals surface area contributed by atoms with Crippen molar-refractivity contribution in [2.75, 3.05) is 32.0 Å². The zero-order valence-corrected chi connectivity index (χ0v) is 18.4. The number of ether oxygens (including phenoxy) is 2. The molecule has 2 N–H and O–H groups in total. The molecule has 2 aromatic heterocycles. The van der Waals surface area contributed by atoms with E-state index in [9.17, 15) is 13.2 Å². The van der Waals surface area contributed by atoms with E-state index in [-0.39, 0.29) is 16.9 Å². The first-order valence-electron chi connectivity index (χ1n) is 11.7. The molecule has 33 heavy (non-hydrogen) atoms. The lowest BCUT2D eigenvalue weighted by atomic mass is 9.43. The van der Waals surface area contributed by atoms with Gasteiger partial charge in [0, 0.05) is 42.5 Å². The van der Waals surface area contributed by atoms with Gasteiger partial charge < -0.3 is 19.8 Å². The second-order valence-electron chi connectivity index (χ2n) is 10.1. The highest BCUT2D eigenvalue weighted by Crippen LogP contribution is 2.68. The predicted octanol–water partition coefficient (Wildman–Crippen LogP) is 4.05. The van der Waals surface area contributed by atoms with Crippen LogP contribution in [0, 0.1) is 0 Å². The highest BCUT2D eigenvalue weighted by Gasteiger charge is 2.71. The van der Waals surface area contributed by atoms with Crippen LogP contribution in [0.1, 0.15) is 56.7 Å². The summed E-state index contributed by atoms with van der Waals surface area (Å²) in [7, 11) is 0. The molecule has 0 radical (unpaired) electrons. The van der Waals surface area contributed by atoms with Gasteiger partial charge in [-0.1, -0.05) is 12.8 Å². The fraction of sp³-hybridized carbons (Fsp3) is 0.652. The van der Waals surface area contributed by atoms with Gasteiger partial charge in [0.25, 0.3) is 0 Å². The lowest BCUT2D eigenvalue weighted by molar-refractivity contribution is -0.274. The number of anilines is 1. The molecule has 0 amide bonds. The van der Waals surface area contributed by atoms with Crippen molar-refractivity contribution in [2.45, 2.75) is 68.3 Å². The number of imidazole rings is 1. The fourth-order valence-electron chi connectivity index (χ4n) is 6.50. The molecule has 0 unspecified atom stereocenters. The van der Waals surface area contributed by atoms with Crippen LogP contribution in [0.15, 0.2) is 18.5 Å². The largest absolute Gasteiger partial charge is 0.573 e. The third-order valence-corrected chi connectivity index (χ3v) is 8.02. The van der Waals surface area contributed by atoms with E-state index in [1.54, 1.807) is 0 Å². The molecule has 5 aliphatic rings. The Hall–Kier alpha value is -2.33. The summed E-state index contributed by atoms with van der Waals surface area (Å²) < 4.78 is 50.3. The molecule has 2 aromatic rings. The van der Waals surface area contributed by atoms with E-state index in [1.165, 1.54) is 25.1 Å². The van der Waals surface area contributed by atoms with Gasteiger partial charge in [-0.25, -0.2) is 9.97 Å². The van der Waals surface area contributed by atoms with Crippen molar-refractivity contribution in [2.24, 2.45) is 0 Å². The minimum absolute atomic E-state index is 0.0635. The summed E-state index contributed by atoms with van der Waals surface area (Å²) in [6.45, 7) is 3.56. The van der Waals surface area contributed by atoms with Crippen LogP contribution >= 0.6 is 0 Å². The molecule has 2 bridgehead atoms. The van der Waals surface area contributed by atoms with Gasteiger partial charge in [-0.05, 0) is 38.2 Å². The summed E-state index contributed by atoms with van der Waals surface area (Å²) in [4.78, 5) is 11.5. The maximum absolute atomic E-state index is 12.8. The number of nitrogens with two attached hydrogens (primary N) is 1. The van der Waals surface area contributed by atoms with E-state index in [2.05, 4.69) is 19.2 Å². The average molecular weight is 464 g/mol. The molecule has 1 aliphatic heterocycles. The van der Waals surface area contributed by atoms with Crippen LogP contribution < -0.4 is 10.5 Å². The number of nitrogens with zero attached hydrogens (tertiary/aromatic N) is 4. The van der Waals surface area contributed by atoms with E-state index in [4.69, 9.17) is 15.5 Å². The van der Waals surface area contributed by atoms with Gasteiger partial charge in [0.1, 0.15) is 5.82 Å². The third-order valence-electron chi connectivity index (χ3n) is 8.02. The molecule has 0 aromatic carbocycles. The zero-order chi connectivity index (χ0) is 22.8. The smallest absolute Gasteiger partial charge is 0.402 e. The van der Waals surface area contributed by atoms with Crippen molar-refractivity contribution in [3.05, 3.63) is 24.3 Å². The standard InChI is InChI=1S/C23H28F3N5O2/c24-23(25,26)33-18-9-16(10-28-19(18)27)17-11-31(20(29-17)15-3-1-2-4-15)22-12-21(13-22,14-22)30-5-7-32-8-6-30/h9-11,15H,1-8,12-14H2,(H2,27,28). The number of hydrogen-bond acceptors (Lipinski definition) is 6. The quantitative estimate of drug-likeness (QED) is 0.721. The van der Waals surface area contributed by atoms with Gasteiger partial charge in [-0.15, -0.1) is 13.2 Å². The van der Waals surface area contributed by atoms with Crippen LogP contribution in [-0.2, 0) is 10.3 Å². The molecule has 3 heterocycles. The third kappa shape index (κ3) is 3.49. The number of alkyl halides is 3. The SMILES string of the molecule is Nc1ncc(-c2cn(C34CC(N5CCOCC5)(C3)C4)c(C3CCCC3)n2)cc1OC(F)(F)F. The van der Waals surface area contributed by atoms with Crippen molar-refractivity contribution in [3.63, 3.8) is 0 Å². The summed E-state index contributed by atoms with van der Waals surface area (Å²) >= 11 is 0. The molecule has 1 saturated heterocycles. The van der Waals surface area contributed by atoms with Crippen LogP contribution in [0.5, 0.6) is 5.75 Å². The summed E-state index contributed by atoms with van der Waals surface area (Å²) in [6.07, 6.45) is 6.51. The Morgan fingerprint density at radius 3 is 2.45 bits per heavy atom. The Labute approximate surface area is 190 Å². The molecular weight excluding hydrogens is 435 g/mol. The maximum Gasteiger partial charge on any atom is 0.573 e. The topological polar surface area (TPSA) is 78.4 Å². The molecule has 5 fully saturated rings. The van der Waals surface area contributed by atoms with Gasteiger partial charge in [0.2, 0.25) is 0 Å². The molecule has 0 spiro atoms. The number of halogens is 3. The first-order valence-corrected chi connectivity index (χ1v) is 11.7. The van der Waals surface area contributed by atoms with Crippen LogP contribution in [0.25, 0.3) is 11.3 Å². The monoisotopic (exact) mass is 463 g/mol. The molecule has 10 heteroatoms. The summed E-state index contributed by atoms with van der Waals surface area (Å²) in [5.41, 5.74) is 7.07. The van der Waals surface area contributed by atoms with Gasteiger partial charge in [-0.3, -0.25) is 4.90 Å². The Morgan fingerprint density at radius 1 is 1.09 bits per heavy atom. The molecule has 7 nitrogen and oxygen atoms in total. The van der Waals surface area contributed by atoms with Crippen molar-refractivity contribution in [1.29, 1.82) is 0 Å². The van der Waals surface area contributed by atoms with E-state index >= 15 is 0 Å². The Bertz CT molecular complexity index is 1040. The second-order valence-corrected chi connectivity index (χ2v) is 10.1. The summed E-state index contributed by atoms with van der Waals surface area (Å²) in [5.74, 6) is 0.666. The van der Waals surface area contributed by atoms with Gasteiger partial charge in [-0.2, -0.15) is 0 Å². The molecule has 4 saturated carbocycles. The normalized spacial score (nSPS) is 30.2. The van der Waals surface area contributed by atoms with Crippen molar-refractivity contribution < 1.29 is 22.6 Å². The Kier molecular flexibility index (Phi) is 4.72. The minimum Gasteiger partial charge on any atom is -0.402 e. The number of morpholine rings is 1. The van der Waals surface area contributed by atoms with Gasteiger partial charge in [0.05, 0.1) is 24.4 Å². The Morgan fingerprint density at radius 2 is 1.79 bits per heavy atom. The van der Waals surface area contributed by atoms with Crippen molar-refractivity contribution in [1.82, 2.24) is 19.4 Å². The lowest BCUT2D eigenvalue weighted by Crippen LogP contribution is -2.79.